The number of hydrogen-bond donors (Lipinski definition) is 0. The summed E-state index contributed by atoms with van der Waals surface area (Å²) in [5.74, 6) is 0.609. The highest BCUT2D eigenvalue weighted by Crippen LogP contribution is 2.20. The predicted molar refractivity (Wildman–Crippen MR) is 79.2 cm³/mol. The Bertz CT molecular complexity index is 404. The Morgan fingerprint density at radius 1 is 0.889 bits per heavy atom. The molecule has 2 aromatic rings. The zero-order chi connectivity index (χ0) is 12.8. The van der Waals surface area contributed by atoms with Crippen LogP contribution in [0.2, 0.25) is 0 Å². The lowest BCUT2D eigenvalue weighted by Crippen LogP contribution is -2.19. The summed E-state index contributed by atoms with van der Waals surface area (Å²) in [6.45, 7) is 3.38. The molecule has 0 spiro atoms. The maximum atomic E-state index is 2.32. The average molecular weight is 239 g/mol. The highest BCUT2D eigenvalue weighted by atomic mass is 15.1. The molecule has 0 aliphatic heterocycles. The van der Waals surface area contributed by atoms with E-state index in [-0.39, 0.29) is 0 Å². The number of anilines is 1. The van der Waals surface area contributed by atoms with Gasteiger partial charge in [0.25, 0.3) is 0 Å². The first kappa shape index (κ1) is 12.7. The molecule has 0 bridgehead atoms. The molecule has 18 heavy (non-hydrogen) atoms. The van der Waals surface area contributed by atoms with Crippen LogP contribution < -0.4 is 4.90 Å². The van der Waals surface area contributed by atoms with Gasteiger partial charge in [-0.05, 0) is 30.0 Å². The Labute approximate surface area is 110 Å². The predicted octanol–water partition coefficient (Wildman–Crippen LogP) is 4.32. The van der Waals surface area contributed by atoms with Gasteiger partial charge in [0, 0.05) is 19.3 Å². The Morgan fingerprint density at radius 3 is 2.06 bits per heavy atom. The number of nitrogens with zero attached hydrogens (tertiary/aromatic N) is 1. The zero-order valence-corrected chi connectivity index (χ0v) is 11.2. The molecule has 0 amide bonds. The third-order valence-electron chi connectivity index (χ3n) is 3.46. The molecule has 0 N–H and O–H groups in total. The fourth-order valence-electron chi connectivity index (χ4n) is 2.15. The molecule has 1 heteroatoms. The van der Waals surface area contributed by atoms with Gasteiger partial charge in [-0.25, -0.2) is 0 Å². The summed E-state index contributed by atoms with van der Waals surface area (Å²) in [4.78, 5) is 2.32. The summed E-state index contributed by atoms with van der Waals surface area (Å²) in [5.41, 5.74) is 2.72. The van der Waals surface area contributed by atoms with Crippen molar-refractivity contribution in [1.82, 2.24) is 0 Å². The second-order valence-corrected chi connectivity index (χ2v) is 4.86. The molecule has 0 heterocycles. The average Bonchev–Trinajstić information content (AvgIpc) is 2.46. The van der Waals surface area contributed by atoms with E-state index in [2.05, 4.69) is 79.5 Å². The van der Waals surface area contributed by atoms with Gasteiger partial charge in [-0.1, -0.05) is 55.5 Å². The van der Waals surface area contributed by atoms with Crippen molar-refractivity contribution in [3.63, 3.8) is 0 Å². The van der Waals surface area contributed by atoms with Crippen molar-refractivity contribution in [3.8, 4) is 0 Å². The molecule has 0 aromatic heterocycles. The molecular weight excluding hydrogens is 218 g/mol. The molecule has 2 aromatic carbocycles. The van der Waals surface area contributed by atoms with E-state index in [1.807, 2.05) is 0 Å². The molecule has 0 saturated carbocycles. The number of benzene rings is 2. The first-order valence-electron chi connectivity index (χ1n) is 6.58. The summed E-state index contributed by atoms with van der Waals surface area (Å²) in [6, 6.07) is 21.3. The van der Waals surface area contributed by atoms with Crippen LogP contribution in [0.3, 0.4) is 0 Å². The third-order valence-corrected chi connectivity index (χ3v) is 3.46. The van der Waals surface area contributed by atoms with E-state index in [0.29, 0.717) is 5.92 Å². The Balaban J connectivity index is 1.89. The standard InChI is InChI=1S/C17H21N/c1-15(16-9-5-3-6-10-16)13-14-18(2)17-11-7-4-8-12-17/h3-12,15H,13-14H2,1-2H3. The number of rotatable bonds is 5. The van der Waals surface area contributed by atoms with Crippen LogP contribution in [0.5, 0.6) is 0 Å². The molecule has 0 saturated heterocycles. The zero-order valence-electron chi connectivity index (χ0n) is 11.2. The van der Waals surface area contributed by atoms with Gasteiger partial charge in [0.1, 0.15) is 0 Å². The van der Waals surface area contributed by atoms with Gasteiger partial charge in [0.15, 0.2) is 0 Å². The lowest BCUT2D eigenvalue weighted by molar-refractivity contribution is 0.671. The van der Waals surface area contributed by atoms with Crippen molar-refractivity contribution in [2.24, 2.45) is 0 Å². The molecule has 0 fully saturated rings. The van der Waals surface area contributed by atoms with Crippen molar-refractivity contribution < 1.29 is 0 Å². The van der Waals surface area contributed by atoms with Gasteiger partial charge in [0.2, 0.25) is 0 Å². The van der Waals surface area contributed by atoms with Crippen molar-refractivity contribution in [3.05, 3.63) is 66.2 Å². The molecule has 94 valence electrons. The maximum absolute atomic E-state index is 2.32. The minimum Gasteiger partial charge on any atom is -0.375 e. The number of para-hydroxylation sites is 1. The lowest BCUT2D eigenvalue weighted by Gasteiger charge is -2.21. The van der Waals surface area contributed by atoms with Crippen LogP contribution in [0, 0.1) is 0 Å². The van der Waals surface area contributed by atoms with E-state index in [0.717, 1.165) is 6.54 Å². The quantitative estimate of drug-likeness (QED) is 0.751. The third kappa shape index (κ3) is 3.36. The van der Waals surface area contributed by atoms with Crippen molar-refractivity contribution in [2.75, 3.05) is 18.5 Å². The molecular formula is C17H21N. The topological polar surface area (TPSA) is 3.24 Å². The van der Waals surface area contributed by atoms with E-state index < -0.39 is 0 Å². The number of hydrogen-bond acceptors (Lipinski definition) is 1. The molecule has 1 nitrogen and oxygen atoms in total. The van der Waals surface area contributed by atoms with Gasteiger partial charge < -0.3 is 4.90 Å². The maximum Gasteiger partial charge on any atom is 0.0363 e. The first-order valence-corrected chi connectivity index (χ1v) is 6.58. The van der Waals surface area contributed by atoms with Gasteiger partial charge in [0.05, 0.1) is 0 Å². The van der Waals surface area contributed by atoms with E-state index >= 15 is 0 Å². The van der Waals surface area contributed by atoms with Gasteiger partial charge in [-0.15, -0.1) is 0 Å². The van der Waals surface area contributed by atoms with Crippen molar-refractivity contribution in [1.29, 1.82) is 0 Å². The highest BCUT2D eigenvalue weighted by molar-refractivity contribution is 5.44. The van der Waals surface area contributed by atoms with E-state index in [1.165, 1.54) is 17.7 Å². The lowest BCUT2D eigenvalue weighted by atomic mass is 9.98. The fourth-order valence-corrected chi connectivity index (χ4v) is 2.15. The molecule has 2 rings (SSSR count). The van der Waals surface area contributed by atoms with Crippen molar-refractivity contribution in [2.45, 2.75) is 19.3 Å². The SMILES string of the molecule is CC(CCN(C)c1ccccc1)c1ccccc1. The second kappa shape index (κ2) is 6.25. The smallest absolute Gasteiger partial charge is 0.0363 e. The second-order valence-electron chi connectivity index (χ2n) is 4.86. The van der Waals surface area contributed by atoms with Gasteiger partial charge in [-0.3, -0.25) is 0 Å². The molecule has 1 atom stereocenters. The Kier molecular flexibility index (Phi) is 4.40. The summed E-state index contributed by atoms with van der Waals surface area (Å²) in [5, 5.41) is 0. The first-order chi connectivity index (χ1) is 8.77. The Hall–Kier alpha value is -1.76. The fraction of sp³-hybridized carbons (Fsp3) is 0.294. The summed E-state index contributed by atoms with van der Waals surface area (Å²) in [7, 11) is 2.16. The highest BCUT2D eigenvalue weighted by Gasteiger charge is 2.06. The van der Waals surface area contributed by atoms with Crippen LogP contribution in [0.1, 0.15) is 24.8 Å². The normalized spacial score (nSPS) is 12.1. The van der Waals surface area contributed by atoms with Crippen LogP contribution in [0.4, 0.5) is 5.69 Å². The van der Waals surface area contributed by atoms with Crippen LogP contribution in [-0.4, -0.2) is 13.6 Å². The van der Waals surface area contributed by atoms with Crippen LogP contribution in [0.25, 0.3) is 0 Å². The monoisotopic (exact) mass is 239 g/mol. The molecule has 1 unspecified atom stereocenters. The summed E-state index contributed by atoms with van der Waals surface area (Å²) in [6.07, 6.45) is 1.18. The van der Waals surface area contributed by atoms with E-state index in [1.54, 1.807) is 0 Å². The van der Waals surface area contributed by atoms with Crippen LogP contribution >= 0.6 is 0 Å². The minimum absolute atomic E-state index is 0.609. The largest absolute Gasteiger partial charge is 0.375 e. The van der Waals surface area contributed by atoms with Crippen LogP contribution in [-0.2, 0) is 0 Å². The van der Waals surface area contributed by atoms with E-state index in [9.17, 15) is 0 Å². The minimum atomic E-state index is 0.609. The molecule has 0 aliphatic rings. The van der Waals surface area contributed by atoms with E-state index in [4.69, 9.17) is 0 Å². The van der Waals surface area contributed by atoms with Crippen molar-refractivity contribution >= 4 is 5.69 Å². The Morgan fingerprint density at radius 2 is 1.44 bits per heavy atom. The summed E-state index contributed by atoms with van der Waals surface area (Å²) < 4.78 is 0. The molecule has 0 aliphatic carbocycles. The summed E-state index contributed by atoms with van der Waals surface area (Å²) >= 11 is 0. The molecule has 0 radical (unpaired) electrons. The van der Waals surface area contributed by atoms with Gasteiger partial charge in [-0.2, -0.15) is 0 Å². The van der Waals surface area contributed by atoms with Crippen LogP contribution in [0.15, 0.2) is 60.7 Å². The van der Waals surface area contributed by atoms with Gasteiger partial charge >= 0.3 is 0 Å².